The van der Waals surface area contributed by atoms with E-state index in [0.717, 1.165) is 20.6 Å². The van der Waals surface area contributed by atoms with Gasteiger partial charge < -0.3 is 0 Å². The van der Waals surface area contributed by atoms with E-state index in [2.05, 4.69) is 26.8 Å². The highest BCUT2D eigenvalue weighted by atomic mass is 79.9. The number of nitrogens with zero attached hydrogens (tertiary/aromatic N) is 1. The van der Waals surface area contributed by atoms with Gasteiger partial charge >= 0.3 is 0 Å². The SMILES string of the molecule is C#Cc1ccccc1.O=C1C=c2c(Br)cccc2=N1. The van der Waals surface area contributed by atoms with Crippen LogP contribution in [0.2, 0.25) is 0 Å². The monoisotopic (exact) mass is 311 g/mol. The molecule has 19 heavy (non-hydrogen) atoms. The number of benzene rings is 2. The largest absolute Gasteiger partial charge is 0.270 e. The quantitative estimate of drug-likeness (QED) is 0.685. The van der Waals surface area contributed by atoms with Crippen molar-refractivity contribution in [2.45, 2.75) is 0 Å². The second-order valence-electron chi connectivity index (χ2n) is 3.78. The lowest BCUT2D eigenvalue weighted by atomic mass is 10.2. The van der Waals surface area contributed by atoms with Crippen LogP contribution in [0.1, 0.15) is 5.56 Å². The molecule has 92 valence electrons. The Bertz CT molecular complexity index is 758. The number of hydrogen-bond donors (Lipinski definition) is 0. The van der Waals surface area contributed by atoms with Gasteiger partial charge in [0, 0.05) is 21.3 Å². The number of hydrogen-bond acceptors (Lipinski definition) is 1. The first kappa shape index (κ1) is 13.3. The van der Waals surface area contributed by atoms with Crippen LogP contribution >= 0.6 is 15.9 Å². The molecule has 0 spiro atoms. The maximum Gasteiger partial charge on any atom is 0.270 e. The summed E-state index contributed by atoms with van der Waals surface area (Å²) >= 11 is 3.33. The average Bonchev–Trinajstić information content (AvgIpc) is 2.82. The van der Waals surface area contributed by atoms with Gasteiger partial charge in [-0.1, -0.05) is 46.1 Å². The van der Waals surface area contributed by atoms with Gasteiger partial charge in [0.15, 0.2) is 0 Å². The number of carbonyl (C=O) groups excluding carboxylic acids is 1. The second-order valence-corrected chi connectivity index (χ2v) is 4.63. The van der Waals surface area contributed by atoms with Crippen LogP contribution in [0.5, 0.6) is 0 Å². The minimum Gasteiger partial charge on any atom is -0.267 e. The Morgan fingerprint density at radius 2 is 1.79 bits per heavy atom. The third-order valence-corrected chi connectivity index (χ3v) is 3.16. The summed E-state index contributed by atoms with van der Waals surface area (Å²) in [6.07, 6.45) is 6.63. The summed E-state index contributed by atoms with van der Waals surface area (Å²) in [4.78, 5) is 14.6. The van der Waals surface area contributed by atoms with Gasteiger partial charge in [-0.2, -0.15) is 0 Å². The van der Waals surface area contributed by atoms with E-state index in [9.17, 15) is 4.79 Å². The lowest BCUT2D eigenvalue weighted by Crippen LogP contribution is -2.21. The van der Waals surface area contributed by atoms with E-state index >= 15 is 0 Å². The molecule has 3 rings (SSSR count). The summed E-state index contributed by atoms with van der Waals surface area (Å²) < 4.78 is 0.921. The van der Waals surface area contributed by atoms with Crippen LogP contribution in [0.15, 0.2) is 58.0 Å². The van der Waals surface area contributed by atoms with E-state index in [4.69, 9.17) is 6.42 Å². The van der Waals surface area contributed by atoms with Gasteiger partial charge in [0.05, 0.1) is 5.36 Å². The molecule has 1 aliphatic heterocycles. The Hall–Kier alpha value is -2.18. The predicted octanol–water partition coefficient (Wildman–Crippen LogP) is 2.06. The summed E-state index contributed by atoms with van der Waals surface area (Å²) in [5, 5.41) is 1.64. The number of halogens is 1. The van der Waals surface area contributed by atoms with Crippen molar-refractivity contribution in [3.05, 3.63) is 69.1 Å². The number of fused-ring (bicyclic) bond motifs is 1. The van der Waals surface area contributed by atoms with Crippen molar-refractivity contribution >= 4 is 27.9 Å². The smallest absolute Gasteiger partial charge is 0.267 e. The molecule has 3 heteroatoms. The van der Waals surface area contributed by atoms with Crippen LogP contribution in [-0.2, 0) is 4.79 Å². The zero-order valence-corrected chi connectivity index (χ0v) is 11.6. The second kappa shape index (κ2) is 6.12. The molecule has 0 aromatic heterocycles. The van der Waals surface area contributed by atoms with Crippen LogP contribution in [0.25, 0.3) is 6.08 Å². The highest BCUT2D eigenvalue weighted by Crippen LogP contribution is 2.00. The van der Waals surface area contributed by atoms with Gasteiger partial charge in [0.1, 0.15) is 0 Å². The van der Waals surface area contributed by atoms with Crippen LogP contribution in [0.4, 0.5) is 0 Å². The van der Waals surface area contributed by atoms with Crippen molar-refractivity contribution in [2.24, 2.45) is 4.99 Å². The molecule has 0 radical (unpaired) electrons. The molecule has 0 saturated heterocycles. The van der Waals surface area contributed by atoms with E-state index in [1.807, 2.05) is 48.5 Å². The fraction of sp³-hybridized carbons (Fsp3) is 0. The van der Waals surface area contributed by atoms with E-state index < -0.39 is 0 Å². The number of rotatable bonds is 0. The van der Waals surface area contributed by atoms with Crippen molar-refractivity contribution in [3.63, 3.8) is 0 Å². The van der Waals surface area contributed by atoms with Gasteiger partial charge in [-0.05, 0) is 24.3 Å². The van der Waals surface area contributed by atoms with E-state index in [1.54, 1.807) is 0 Å². The predicted molar refractivity (Wildman–Crippen MR) is 78.8 cm³/mol. The van der Waals surface area contributed by atoms with Gasteiger partial charge in [0.2, 0.25) is 0 Å². The highest BCUT2D eigenvalue weighted by molar-refractivity contribution is 9.10. The molecule has 0 saturated carbocycles. The third-order valence-electron chi connectivity index (χ3n) is 2.47. The fourth-order valence-corrected chi connectivity index (χ4v) is 2.05. The van der Waals surface area contributed by atoms with Crippen LogP contribution in [-0.4, -0.2) is 5.91 Å². The molecule has 0 bridgehead atoms. The lowest BCUT2D eigenvalue weighted by Gasteiger charge is -1.85. The van der Waals surface area contributed by atoms with E-state index in [1.165, 1.54) is 6.08 Å². The fourth-order valence-electron chi connectivity index (χ4n) is 1.57. The first-order chi connectivity index (χ1) is 9.20. The Morgan fingerprint density at radius 3 is 2.37 bits per heavy atom. The maximum absolute atomic E-state index is 10.8. The molecule has 2 nitrogen and oxygen atoms in total. The molecule has 1 aliphatic rings. The molecule has 1 heterocycles. The Morgan fingerprint density at radius 1 is 1.05 bits per heavy atom. The first-order valence-electron chi connectivity index (χ1n) is 5.61. The zero-order chi connectivity index (χ0) is 13.7. The van der Waals surface area contributed by atoms with E-state index in [-0.39, 0.29) is 5.91 Å². The molecule has 0 aliphatic carbocycles. The van der Waals surface area contributed by atoms with Crippen LogP contribution in [0.3, 0.4) is 0 Å². The summed E-state index contributed by atoms with van der Waals surface area (Å²) in [5.74, 6) is 2.35. The molecule has 1 amide bonds. The molecular formula is C16H10BrNO. The van der Waals surface area contributed by atoms with Crippen molar-refractivity contribution in [1.82, 2.24) is 0 Å². The van der Waals surface area contributed by atoms with Crippen molar-refractivity contribution in [2.75, 3.05) is 0 Å². The van der Waals surface area contributed by atoms with Gasteiger partial charge in [0.25, 0.3) is 5.91 Å². The lowest BCUT2D eigenvalue weighted by molar-refractivity contribution is -0.112. The van der Waals surface area contributed by atoms with Crippen molar-refractivity contribution in [1.29, 1.82) is 0 Å². The van der Waals surface area contributed by atoms with Crippen LogP contribution < -0.4 is 10.6 Å². The minimum absolute atomic E-state index is 0.174. The molecule has 0 fully saturated rings. The van der Waals surface area contributed by atoms with Crippen molar-refractivity contribution in [3.8, 4) is 12.3 Å². The van der Waals surface area contributed by atoms with Crippen molar-refractivity contribution < 1.29 is 4.79 Å². The Kier molecular flexibility index (Phi) is 4.27. The topological polar surface area (TPSA) is 29.4 Å². The molecule has 2 aromatic carbocycles. The Labute approximate surface area is 119 Å². The summed E-state index contributed by atoms with van der Waals surface area (Å²) in [6.45, 7) is 0. The number of amides is 1. The van der Waals surface area contributed by atoms with Gasteiger partial charge in [-0.25, -0.2) is 4.99 Å². The normalized spacial score (nSPS) is 11.3. The summed E-state index contributed by atoms with van der Waals surface area (Å²) in [5.41, 5.74) is 0.938. The molecule has 0 N–H and O–H groups in total. The highest BCUT2D eigenvalue weighted by Gasteiger charge is 2.03. The average molecular weight is 312 g/mol. The zero-order valence-electron chi connectivity index (χ0n) is 10.0. The van der Waals surface area contributed by atoms with Crippen LogP contribution in [0, 0.1) is 12.3 Å². The Balaban J connectivity index is 0.000000148. The number of carbonyl (C=O) groups is 1. The first-order valence-corrected chi connectivity index (χ1v) is 6.40. The van der Waals surface area contributed by atoms with Gasteiger partial charge in [-0.3, -0.25) is 4.79 Å². The van der Waals surface area contributed by atoms with Gasteiger partial charge in [-0.15, -0.1) is 6.42 Å². The molecule has 0 unspecified atom stereocenters. The number of terminal acetylenes is 1. The molecule has 2 aromatic rings. The van der Waals surface area contributed by atoms with E-state index in [0.29, 0.717) is 0 Å². The summed E-state index contributed by atoms with van der Waals surface area (Å²) in [6, 6.07) is 15.2. The third kappa shape index (κ3) is 3.40. The molecular weight excluding hydrogens is 302 g/mol. The standard InChI is InChI=1S/C8H4BrNO.C8H6/c9-6-2-1-3-7-5(6)4-8(11)10-7;1-2-8-6-4-3-5-7-8/h1-4H;1,3-7H. The molecule has 0 atom stereocenters. The summed E-state index contributed by atoms with van der Waals surface area (Å²) in [7, 11) is 0. The maximum atomic E-state index is 10.8. The minimum atomic E-state index is -0.174.